The fraction of sp³-hybridized carbons (Fsp3) is 0.343. The van der Waals surface area contributed by atoms with Gasteiger partial charge in [-0.2, -0.15) is 0 Å². The van der Waals surface area contributed by atoms with E-state index in [-0.39, 0.29) is 42.3 Å². The molecule has 0 fully saturated rings. The number of hydrogen-bond acceptors (Lipinski definition) is 5. The van der Waals surface area contributed by atoms with Crippen LogP contribution >= 0.6 is 0 Å². The Labute approximate surface area is 247 Å². The average molecular weight is 569 g/mol. The summed E-state index contributed by atoms with van der Waals surface area (Å²) in [5, 5.41) is 0.481. The van der Waals surface area contributed by atoms with Crippen molar-refractivity contribution < 1.29 is 18.7 Å². The van der Waals surface area contributed by atoms with Gasteiger partial charge in [0.15, 0.2) is 5.43 Å². The molecule has 220 valence electrons. The summed E-state index contributed by atoms with van der Waals surface area (Å²) in [6, 6.07) is 22.6. The summed E-state index contributed by atoms with van der Waals surface area (Å²) in [7, 11) is 1.61. The summed E-state index contributed by atoms with van der Waals surface area (Å²) in [5.74, 6) is -0.486. The molecule has 0 spiro atoms. The first kappa shape index (κ1) is 30.7. The Bertz CT molecular complexity index is 1570. The summed E-state index contributed by atoms with van der Waals surface area (Å²) >= 11 is 0. The van der Waals surface area contributed by atoms with Gasteiger partial charge < -0.3 is 19.0 Å². The molecule has 0 atom stereocenters. The van der Waals surface area contributed by atoms with Crippen molar-refractivity contribution in [1.82, 2.24) is 9.80 Å². The summed E-state index contributed by atoms with van der Waals surface area (Å²) in [6.45, 7) is 9.32. The van der Waals surface area contributed by atoms with Crippen LogP contribution in [0.4, 0.5) is 0 Å². The highest BCUT2D eigenvalue weighted by Crippen LogP contribution is 2.23. The molecule has 3 aromatic carbocycles. The number of carbonyl (C=O) groups excluding carboxylic acids is 2. The Kier molecular flexibility index (Phi) is 9.96. The zero-order valence-electron chi connectivity index (χ0n) is 25.2. The fourth-order valence-electron chi connectivity index (χ4n) is 4.85. The van der Waals surface area contributed by atoms with Gasteiger partial charge in [-0.05, 0) is 54.2 Å². The number of hydrogen-bond donors (Lipinski definition) is 0. The second-order valence-electron chi connectivity index (χ2n) is 11.7. The summed E-state index contributed by atoms with van der Waals surface area (Å²) in [6.07, 6.45) is 2.02. The van der Waals surface area contributed by atoms with E-state index < -0.39 is 0 Å². The number of benzene rings is 3. The minimum absolute atomic E-state index is 0.0399. The van der Waals surface area contributed by atoms with E-state index in [2.05, 4.69) is 20.8 Å². The Morgan fingerprint density at radius 1 is 0.905 bits per heavy atom. The number of amides is 2. The van der Waals surface area contributed by atoms with E-state index in [1.165, 1.54) is 6.26 Å². The fourth-order valence-corrected chi connectivity index (χ4v) is 4.85. The summed E-state index contributed by atoms with van der Waals surface area (Å²) < 4.78 is 11.0. The van der Waals surface area contributed by atoms with Crippen LogP contribution in [0.1, 0.15) is 59.8 Å². The molecule has 0 radical (unpaired) electrons. The zero-order valence-corrected chi connectivity index (χ0v) is 25.2. The van der Waals surface area contributed by atoms with Crippen LogP contribution in [0.3, 0.4) is 0 Å². The van der Waals surface area contributed by atoms with Crippen LogP contribution in [-0.2, 0) is 28.0 Å². The van der Waals surface area contributed by atoms with E-state index >= 15 is 0 Å². The first-order chi connectivity index (χ1) is 20.1. The van der Waals surface area contributed by atoms with Crippen molar-refractivity contribution in [3.05, 3.63) is 117 Å². The van der Waals surface area contributed by atoms with Crippen LogP contribution in [0.15, 0.2) is 88.3 Å². The minimum Gasteiger partial charge on any atom is -0.464 e. The summed E-state index contributed by atoms with van der Waals surface area (Å²) in [4.78, 5) is 44.2. The van der Waals surface area contributed by atoms with E-state index in [0.29, 0.717) is 41.7 Å². The van der Waals surface area contributed by atoms with Gasteiger partial charge >= 0.3 is 0 Å². The van der Waals surface area contributed by atoms with Crippen molar-refractivity contribution in [3.8, 4) is 0 Å². The Morgan fingerprint density at radius 3 is 2.29 bits per heavy atom. The Morgan fingerprint density at radius 2 is 1.62 bits per heavy atom. The molecule has 0 N–H and O–H groups in total. The molecule has 0 aliphatic heterocycles. The lowest BCUT2D eigenvalue weighted by Gasteiger charge is -2.28. The van der Waals surface area contributed by atoms with Crippen molar-refractivity contribution in [2.24, 2.45) is 0 Å². The second-order valence-corrected chi connectivity index (χ2v) is 11.7. The maximum atomic E-state index is 13.9. The van der Waals surface area contributed by atoms with Crippen LogP contribution in [0, 0.1) is 6.92 Å². The molecule has 1 heterocycles. The molecule has 0 aliphatic carbocycles. The van der Waals surface area contributed by atoms with Crippen molar-refractivity contribution in [3.63, 3.8) is 0 Å². The molecule has 0 aliphatic rings. The number of carbonyl (C=O) groups is 2. The highest BCUT2D eigenvalue weighted by molar-refractivity contribution is 5.96. The van der Waals surface area contributed by atoms with Gasteiger partial charge in [0.2, 0.25) is 5.91 Å². The van der Waals surface area contributed by atoms with Crippen molar-refractivity contribution in [2.75, 3.05) is 26.8 Å². The normalized spacial score (nSPS) is 11.5. The van der Waals surface area contributed by atoms with E-state index in [1.807, 2.05) is 67.6 Å². The first-order valence-corrected chi connectivity index (χ1v) is 14.3. The summed E-state index contributed by atoms with van der Waals surface area (Å²) in [5.41, 5.74) is 4.19. The number of rotatable bonds is 11. The molecule has 7 nitrogen and oxygen atoms in total. The number of methoxy groups -OCH3 is 1. The third-order valence-electron chi connectivity index (χ3n) is 7.32. The molecule has 0 unspecified atom stereocenters. The Hall–Kier alpha value is -4.23. The molecular weight excluding hydrogens is 528 g/mol. The van der Waals surface area contributed by atoms with Crippen LogP contribution in [0.25, 0.3) is 11.0 Å². The number of aryl methyl sites for hydroxylation is 1. The van der Waals surface area contributed by atoms with Gasteiger partial charge in [0.05, 0.1) is 23.8 Å². The van der Waals surface area contributed by atoms with Crippen molar-refractivity contribution >= 4 is 22.8 Å². The molecule has 4 rings (SSSR count). The van der Waals surface area contributed by atoms with Gasteiger partial charge in [-0.25, -0.2) is 0 Å². The molecule has 4 aromatic rings. The van der Waals surface area contributed by atoms with Gasteiger partial charge in [0.1, 0.15) is 12.1 Å². The number of ether oxygens (including phenoxy) is 1. The quantitative estimate of drug-likeness (QED) is 0.204. The molecule has 0 saturated carbocycles. The van der Waals surface area contributed by atoms with Crippen LogP contribution < -0.4 is 5.43 Å². The lowest BCUT2D eigenvalue weighted by Crippen LogP contribution is -2.43. The standard InChI is InChI=1S/C35H40N2O5/c1-25-12-17-31-30(20-25)33(39)28(24-42-31)22-37(21-26-10-7-6-8-11-26)32(38)23-36(18-9-19-41-5)34(40)27-13-15-29(16-14-27)35(2,3)4/h6-8,10-17,20,24H,9,18-19,21-23H2,1-5H3. The molecule has 0 bridgehead atoms. The minimum atomic E-state index is -0.264. The molecule has 7 heteroatoms. The third-order valence-corrected chi connectivity index (χ3v) is 7.32. The van der Waals surface area contributed by atoms with Crippen LogP contribution in [-0.4, -0.2) is 48.4 Å². The van der Waals surface area contributed by atoms with Gasteiger partial charge in [0.25, 0.3) is 5.91 Å². The smallest absolute Gasteiger partial charge is 0.254 e. The van der Waals surface area contributed by atoms with Crippen LogP contribution in [0.5, 0.6) is 0 Å². The SMILES string of the molecule is COCCCN(CC(=O)N(Cc1ccccc1)Cc1coc2ccc(C)cc2c1=O)C(=O)c1ccc(C(C)(C)C)cc1. The van der Waals surface area contributed by atoms with E-state index in [0.717, 1.165) is 16.7 Å². The van der Waals surface area contributed by atoms with E-state index in [1.54, 1.807) is 29.0 Å². The van der Waals surface area contributed by atoms with Gasteiger partial charge in [0, 0.05) is 32.4 Å². The lowest BCUT2D eigenvalue weighted by atomic mass is 9.86. The Balaban J connectivity index is 1.62. The predicted molar refractivity (Wildman–Crippen MR) is 165 cm³/mol. The first-order valence-electron chi connectivity index (χ1n) is 14.3. The van der Waals surface area contributed by atoms with Gasteiger partial charge in [-0.1, -0.05) is 74.9 Å². The predicted octanol–water partition coefficient (Wildman–Crippen LogP) is 6.11. The highest BCUT2D eigenvalue weighted by Gasteiger charge is 2.24. The second kappa shape index (κ2) is 13.6. The molecular formula is C35H40N2O5. The topological polar surface area (TPSA) is 80.1 Å². The monoisotopic (exact) mass is 568 g/mol. The van der Waals surface area contributed by atoms with E-state index in [9.17, 15) is 14.4 Å². The third kappa shape index (κ3) is 7.74. The molecule has 1 aromatic heterocycles. The average Bonchev–Trinajstić information content (AvgIpc) is 2.97. The van der Waals surface area contributed by atoms with Crippen LogP contribution in [0.2, 0.25) is 0 Å². The van der Waals surface area contributed by atoms with Gasteiger partial charge in [-0.3, -0.25) is 14.4 Å². The zero-order chi connectivity index (χ0) is 30.3. The number of nitrogens with zero attached hydrogens (tertiary/aromatic N) is 2. The highest BCUT2D eigenvalue weighted by atomic mass is 16.5. The van der Waals surface area contributed by atoms with Crippen molar-refractivity contribution in [1.29, 1.82) is 0 Å². The largest absolute Gasteiger partial charge is 0.464 e. The molecule has 0 saturated heterocycles. The molecule has 2 amide bonds. The maximum absolute atomic E-state index is 13.9. The number of fused-ring (bicyclic) bond motifs is 1. The molecule has 42 heavy (non-hydrogen) atoms. The van der Waals surface area contributed by atoms with Gasteiger partial charge in [-0.15, -0.1) is 0 Å². The van der Waals surface area contributed by atoms with Crippen molar-refractivity contribution in [2.45, 2.75) is 52.6 Å². The lowest BCUT2D eigenvalue weighted by molar-refractivity contribution is -0.133. The maximum Gasteiger partial charge on any atom is 0.254 e. The van der Waals surface area contributed by atoms with E-state index in [4.69, 9.17) is 9.15 Å².